The highest BCUT2D eigenvalue weighted by Crippen LogP contribution is 2.43. The highest BCUT2D eigenvalue weighted by atomic mass is 35.5. The molecule has 1 N–H and O–H groups in total. The number of rotatable bonds is 5. The fourth-order valence-corrected chi connectivity index (χ4v) is 4.72. The second-order valence-corrected chi connectivity index (χ2v) is 9.37. The molecule has 168 valence electrons. The van der Waals surface area contributed by atoms with Gasteiger partial charge in [-0.1, -0.05) is 84.4 Å². The zero-order valence-electron chi connectivity index (χ0n) is 19.2. The van der Waals surface area contributed by atoms with Crippen molar-refractivity contribution < 1.29 is 5.11 Å². The molecule has 0 bridgehead atoms. The molecule has 0 amide bonds. The molecule has 5 aromatic carbocycles. The minimum absolute atomic E-state index is 0.612. The van der Waals surface area contributed by atoms with Gasteiger partial charge in [-0.2, -0.15) is 0 Å². The van der Waals surface area contributed by atoms with E-state index in [0.29, 0.717) is 5.02 Å². The van der Waals surface area contributed by atoms with Crippen molar-refractivity contribution in [2.24, 2.45) is 0 Å². The lowest BCUT2D eigenvalue weighted by Crippen LogP contribution is -2.17. The summed E-state index contributed by atoms with van der Waals surface area (Å²) in [4.78, 5) is 2.28. The predicted octanol–water partition coefficient (Wildman–Crippen LogP) is 8.86. The zero-order valence-corrected chi connectivity index (χ0v) is 20.0. The van der Waals surface area contributed by atoms with Crippen LogP contribution in [0.2, 0.25) is 5.02 Å². The Morgan fingerprint density at radius 3 is 1.74 bits per heavy atom. The lowest BCUT2D eigenvalue weighted by molar-refractivity contribution is 0.0792. The summed E-state index contributed by atoms with van der Waals surface area (Å²) >= 11 is 6.31. The third-order valence-electron chi connectivity index (χ3n) is 6.10. The van der Waals surface area contributed by atoms with Gasteiger partial charge in [-0.25, -0.2) is 0 Å². The van der Waals surface area contributed by atoms with Crippen LogP contribution in [0.1, 0.15) is 19.4 Å². The van der Waals surface area contributed by atoms with E-state index in [4.69, 9.17) is 11.6 Å². The Morgan fingerprint density at radius 2 is 1.15 bits per heavy atom. The van der Waals surface area contributed by atoms with Crippen LogP contribution in [-0.2, 0) is 5.60 Å². The van der Waals surface area contributed by atoms with Crippen molar-refractivity contribution in [3.63, 3.8) is 0 Å². The van der Waals surface area contributed by atoms with Gasteiger partial charge in [0, 0.05) is 21.8 Å². The molecule has 34 heavy (non-hydrogen) atoms. The van der Waals surface area contributed by atoms with E-state index in [1.807, 2.05) is 30.3 Å². The summed E-state index contributed by atoms with van der Waals surface area (Å²) < 4.78 is 0. The number of anilines is 3. The SMILES string of the molecule is CC(C)(O)c1cc(Cl)ccc1-c1ccc(N(c2ccccc2)c2ccccc2)c2ccccc12. The molecule has 0 heterocycles. The third kappa shape index (κ3) is 4.19. The van der Waals surface area contributed by atoms with Crippen LogP contribution in [0.15, 0.2) is 115 Å². The molecular weight excluding hydrogens is 438 g/mol. The second-order valence-electron chi connectivity index (χ2n) is 8.93. The van der Waals surface area contributed by atoms with Crippen LogP contribution in [0.3, 0.4) is 0 Å². The Hall–Kier alpha value is -3.59. The molecule has 5 aromatic rings. The lowest BCUT2D eigenvalue weighted by Gasteiger charge is -2.28. The molecule has 0 saturated carbocycles. The van der Waals surface area contributed by atoms with Crippen LogP contribution in [0.25, 0.3) is 21.9 Å². The molecular formula is C31H26ClNO. The summed E-state index contributed by atoms with van der Waals surface area (Å²) in [6, 6.07) is 39.3. The summed E-state index contributed by atoms with van der Waals surface area (Å²) in [5.74, 6) is 0. The Kier molecular flexibility index (Phi) is 5.87. The van der Waals surface area contributed by atoms with E-state index in [1.165, 1.54) is 0 Å². The van der Waals surface area contributed by atoms with Gasteiger partial charge in [0.25, 0.3) is 0 Å². The Balaban J connectivity index is 1.78. The molecule has 5 rings (SSSR count). The van der Waals surface area contributed by atoms with Gasteiger partial charge in [0.2, 0.25) is 0 Å². The molecule has 0 aliphatic rings. The number of aliphatic hydroxyl groups is 1. The van der Waals surface area contributed by atoms with Gasteiger partial charge < -0.3 is 10.0 Å². The Labute approximate surface area is 205 Å². The van der Waals surface area contributed by atoms with Crippen molar-refractivity contribution in [3.8, 4) is 11.1 Å². The topological polar surface area (TPSA) is 23.5 Å². The normalized spacial score (nSPS) is 11.5. The quantitative estimate of drug-likeness (QED) is 0.281. The number of hydrogen-bond acceptors (Lipinski definition) is 2. The van der Waals surface area contributed by atoms with Crippen molar-refractivity contribution in [3.05, 3.63) is 126 Å². The van der Waals surface area contributed by atoms with Crippen LogP contribution >= 0.6 is 11.6 Å². The zero-order chi connectivity index (χ0) is 23.7. The van der Waals surface area contributed by atoms with Crippen LogP contribution in [-0.4, -0.2) is 5.11 Å². The van der Waals surface area contributed by atoms with Crippen LogP contribution in [0.5, 0.6) is 0 Å². The first kappa shape index (κ1) is 22.2. The molecule has 2 nitrogen and oxygen atoms in total. The number of para-hydroxylation sites is 2. The summed E-state index contributed by atoms with van der Waals surface area (Å²) in [5.41, 5.74) is 5.10. The third-order valence-corrected chi connectivity index (χ3v) is 6.34. The fourth-order valence-electron chi connectivity index (χ4n) is 4.55. The average Bonchev–Trinajstić information content (AvgIpc) is 2.85. The minimum atomic E-state index is -1.03. The number of halogens is 1. The number of hydrogen-bond donors (Lipinski definition) is 1. The maximum absolute atomic E-state index is 10.9. The van der Waals surface area contributed by atoms with E-state index in [1.54, 1.807) is 13.8 Å². The summed E-state index contributed by atoms with van der Waals surface area (Å²) in [6.07, 6.45) is 0. The summed E-state index contributed by atoms with van der Waals surface area (Å²) in [6.45, 7) is 3.59. The second kappa shape index (κ2) is 8.98. The van der Waals surface area contributed by atoms with Crippen LogP contribution < -0.4 is 4.90 Å². The van der Waals surface area contributed by atoms with Gasteiger partial charge in [-0.05, 0) is 78.4 Å². The molecule has 0 spiro atoms. The number of fused-ring (bicyclic) bond motifs is 1. The molecule has 0 saturated heterocycles. The molecule has 0 atom stereocenters. The first-order valence-corrected chi connectivity index (χ1v) is 11.8. The average molecular weight is 464 g/mol. The van der Waals surface area contributed by atoms with Crippen molar-refractivity contribution in [1.29, 1.82) is 0 Å². The minimum Gasteiger partial charge on any atom is -0.386 e. The van der Waals surface area contributed by atoms with Gasteiger partial charge in [0.1, 0.15) is 0 Å². The van der Waals surface area contributed by atoms with E-state index in [0.717, 1.165) is 44.5 Å². The number of nitrogens with zero attached hydrogens (tertiary/aromatic N) is 1. The van der Waals surface area contributed by atoms with Gasteiger partial charge >= 0.3 is 0 Å². The van der Waals surface area contributed by atoms with Crippen molar-refractivity contribution in [1.82, 2.24) is 0 Å². The predicted molar refractivity (Wildman–Crippen MR) is 144 cm³/mol. The molecule has 0 aliphatic heterocycles. The molecule has 0 fully saturated rings. The molecule has 3 heteroatoms. The molecule has 0 aliphatic carbocycles. The molecule has 0 radical (unpaired) electrons. The molecule has 0 aromatic heterocycles. The standard InChI is InChI=1S/C31H26ClNO/c1-31(2,34)29-21-22(32)17-18-27(29)26-19-20-30(28-16-10-9-15-25(26)28)33(23-11-5-3-6-12-23)24-13-7-4-8-14-24/h3-21,34H,1-2H3. The first-order chi connectivity index (χ1) is 16.4. The Bertz CT molecular complexity index is 1400. The van der Waals surface area contributed by atoms with E-state index >= 15 is 0 Å². The highest BCUT2D eigenvalue weighted by Gasteiger charge is 2.23. The monoisotopic (exact) mass is 463 g/mol. The van der Waals surface area contributed by atoms with E-state index < -0.39 is 5.60 Å². The highest BCUT2D eigenvalue weighted by molar-refractivity contribution is 6.30. The summed E-state index contributed by atoms with van der Waals surface area (Å²) in [5, 5.41) is 13.8. The number of benzene rings is 5. The summed E-state index contributed by atoms with van der Waals surface area (Å²) in [7, 11) is 0. The van der Waals surface area contributed by atoms with Gasteiger partial charge in [-0.15, -0.1) is 0 Å². The Morgan fingerprint density at radius 1 is 0.618 bits per heavy atom. The first-order valence-electron chi connectivity index (χ1n) is 11.4. The van der Waals surface area contributed by atoms with Crippen LogP contribution in [0, 0.1) is 0 Å². The van der Waals surface area contributed by atoms with Crippen molar-refractivity contribution in [2.75, 3.05) is 4.90 Å². The smallest absolute Gasteiger partial charge is 0.0847 e. The van der Waals surface area contributed by atoms with Crippen molar-refractivity contribution >= 4 is 39.4 Å². The maximum atomic E-state index is 10.9. The van der Waals surface area contributed by atoms with Crippen LogP contribution in [0.4, 0.5) is 17.1 Å². The van der Waals surface area contributed by atoms with E-state index in [2.05, 4.69) is 89.8 Å². The maximum Gasteiger partial charge on any atom is 0.0847 e. The van der Waals surface area contributed by atoms with Gasteiger partial charge in [0.05, 0.1) is 11.3 Å². The lowest BCUT2D eigenvalue weighted by atomic mass is 9.87. The van der Waals surface area contributed by atoms with Gasteiger partial charge in [0.15, 0.2) is 0 Å². The van der Waals surface area contributed by atoms with Gasteiger partial charge in [-0.3, -0.25) is 0 Å². The molecule has 0 unspecified atom stereocenters. The fraction of sp³-hybridized carbons (Fsp3) is 0.0968. The van der Waals surface area contributed by atoms with E-state index in [9.17, 15) is 5.11 Å². The van der Waals surface area contributed by atoms with E-state index in [-0.39, 0.29) is 0 Å². The largest absolute Gasteiger partial charge is 0.386 e. The van der Waals surface area contributed by atoms with Crippen molar-refractivity contribution in [2.45, 2.75) is 19.4 Å².